The lowest BCUT2D eigenvalue weighted by Crippen LogP contribution is -2.41. The van der Waals surface area contributed by atoms with Crippen LogP contribution in [-0.4, -0.2) is 40.9 Å². The number of carbonyl (C=O) groups is 2. The van der Waals surface area contributed by atoms with E-state index in [4.69, 9.17) is 32.7 Å². The largest absolute Gasteiger partial charge is 0.494 e. The van der Waals surface area contributed by atoms with Gasteiger partial charge in [0.05, 0.1) is 18.3 Å². The molecule has 2 aliphatic carbocycles. The van der Waals surface area contributed by atoms with Gasteiger partial charge >= 0.3 is 0 Å². The second-order valence-electron chi connectivity index (χ2n) is 11.4. The van der Waals surface area contributed by atoms with E-state index < -0.39 is 0 Å². The van der Waals surface area contributed by atoms with Crippen LogP contribution in [0.3, 0.4) is 0 Å². The van der Waals surface area contributed by atoms with E-state index in [-0.39, 0.29) is 18.1 Å². The molecule has 0 radical (unpaired) electrons. The van der Waals surface area contributed by atoms with Crippen LogP contribution >= 0.6 is 23.2 Å². The number of amides is 1. The highest BCUT2D eigenvalue weighted by atomic mass is 35.5. The Balaban J connectivity index is 1.45. The molecule has 42 heavy (non-hydrogen) atoms. The van der Waals surface area contributed by atoms with E-state index in [0.717, 1.165) is 92.4 Å². The Bertz CT molecular complexity index is 1550. The van der Waals surface area contributed by atoms with E-state index >= 15 is 0 Å². The number of fused-ring (bicyclic) bond motifs is 1. The third-order valence-corrected chi connectivity index (χ3v) is 9.50. The van der Waals surface area contributed by atoms with Crippen LogP contribution in [0.4, 0.5) is 0 Å². The summed E-state index contributed by atoms with van der Waals surface area (Å²) in [6.45, 7) is 8.93. The van der Waals surface area contributed by atoms with E-state index in [2.05, 4.69) is 10.4 Å². The van der Waals surface area contributed by atoms with Gasteiger partial charge in [0.2, 0.25) is 5.91 Å². The molecule has 2 atom stereocenters. The molecule has 0 aliphatic heterocycles. The Labute approximate surface area is 257 Å². The summed E-state index contributed by atoms with van der Waals surface area (Å²) in [4.78, 5) is 24.9. The Kier molecular flexibility index (Phi) is 9.00. The molecule has 1 amide bonds. The van der Waals surface area contributed by atoms with Crippen molar-refractivity contribution in [1.82, 2.24) is 15.1 Å². The van der Waals surface area contributed by atoms with Gasteiger partial charge in [0.15, 0.2) is 0 Å². The number of carbonyl (C=O) groups excluding carboxylic acids is 2. The number of nitrogens with one attached hydrogen (secondary N) is 1. The molecule has 0 saturated heterocycles. The number of aryl methyl sites for hydroxylation is 4. The van der Waals surface area contributed by atoms with Gasteiger partial charge in [-0.2, -0.15) is 5.10 Å². The van der Waals surface area contributed by atoms with Gasteiger partial charge in [-0.05, 0) is 106 Å². The lowest BCUT2D eigenvalue weighted by molar-refractivity contribution is -0.135. The first-order chi connectivity index (χ1) is 20.1. The predicted octanol–water partition coefficient (Wildman–Crippen LogP) is 7.01. The molecule has 222 valence electrons. The molecular formula is C33H37Cl2N3O4. The third kappa shape index (κ3) is 5.82. The molecular weight excluding hydrogens is 573 g/mol. The van der Waals surface area contributed by atoms with Crippen LogP contribution in [0.2, 0.25) is 10.0 Å². The number of halogens is 2. The zero-order valence-electron chi connectivity index (χ0n) is 24.8. The van der Waals surface area contributed by atoms with Crippen LogP contribution < -0.4 is 10.1 Å². The van der Waals surface area contributed by atoms with Crippen molar-refractivity contribution in [3.63, 3.8) is 0 Å². The minimum Gasteiger partial charge on any atom is -0.494 e. The minimum atomic E-state index is -0.301. The summed E-state index contributed by atoms with van der Waals surface area (Å²) in [7, 11) is 1.93. The molecule has 7 nitrogen and oxygen atoms in total. The standard InChI is InChI=1S/C33H37Cl2N3O4/c1-18-14-22(15-19(2)32(18)35)41-13-7-8-23-24-11-12-27(34)31(30-20(3)37-38(5)21(30)4)25(24)16-26(23)33(40)36-28-9-6-10-29(28)42-17-39/h11-12,14-15,17,28-29H,6-10,13,16H2,1-5H3,(H,36,40)/t28-,29+/m0/s1. The van der Waals surface area contributed by atoms with E-state index in [9.17, 15) is 9.59 Å². The number of allylic oxidation sites excluding steroid dienone is 1. The minimum absolute atomic E-state index is 0.126. The molecule has 9 heteroatoms. The quantitative estimate of drug-likeness (QED) is 0.197. The topological polar surface area (TPSA) is 82.4 Å². The third-order valence-electron chi connectivity index (χ3n) is 8.59. The molecule has 5 rings (SSSR count). The van der Waals surface area contributed by atoms with Crippen LogP contribution in [0.5, 0.6) is 5.75 Å². The average Bonchev–Trinajstić information content (AvgIpc) is 3.61. The fraction of sp³-hybridized carbons (Fsp3) is 0.424. The number of hydrogen-bond acceptors (Lipinski definition) is 5. The van der Waals surface area contributed by atoms with Crippen molar-refractivity contribution >= 4 is 41.2 Å². The van der Waals surface area contributed by atoms with Crippen molar-refractivity contribution < 1.29 is 19.1 Å². The second kappa shape index (κ2) is 12.5. The van der Waals surface area contributed by atoms with Crippen LogP contribution in [0.15, 0.2) is 29.8 Å². The first-order valence-corrected chi connectivity index (χ1v) is 15.2. The fourth-order valence-corrected chi connectivity index (χ4v) is 6.83. The van der Waals surface area contributed by atoms with Gasteiger partial charge in [-0.15, -0.1) is 0 Å². The second-order valence-corrected chi connectivity index (χ2v) is 12.1. The first-order valence-electron chi connectivity index (χ1n) is 14.4. The summed E-state index contributed by atoms with van der Waals surface area (Å²) in [5, 5.41) is 9.20. The number of nitrogens with zero attached hydrogens (tertiary/aromatic N) is 2. The molecule has 0 bridgehead atoms. The highest BCUT2D eigenvalue weighted by Crippen LogP contribution is 2.45. The molecule has 2 aromatic carbocycles. The van der Waals surface area contributed by atoms with Gasteiger partial charge < -0.3 is 14.8 Å². The lowest BCUT2D eigenvalue weighted by atomic mass is 9.93. The number of ether oxygens (including phenoxy) is 2. The first kappa shape index (κ1) is 30.2. The molecule has 1 saturated carbocycles. The number of benzene rings is 2. The van der Waals surface area contributed by atoms with Gasteiger partial charge in [0, 0.05) is 45.9 Å². The lowest BCUT2D eigenvalue weighted by Gasteiger charge is -2.20. The monoisotopic (exact) mass is 609 g/mol. The van der Waals surface area contributed by atoms with Gasteiger partial charge in [-0.25, -0.2) is 0 Å². The van der Waals surface area contributed by atoms with E-state index in [1.165, 1.54) is 0 Å². The van der Waals surface area contributed by atoms with E-state index in [0.29, 0.717) is 30.9 Å². The van der Waals surface area contributed by atoms with Crippen molar-refractivity contribution in [3.8, 4) is 16.9 Å². The van der Waals surface area contributed by atoms with E-state index in [1.807, 2.05) is 63.7 Å². The Morgan fingerprint density at radius 1 is 1.12 bits per heavy atom. The number of rotatable bonds is 10. The molecule has 1 heterocycles. The van der Waals surface area contributed by atoms with Crippen LogP contribution in [-0.2, 0) is 27.8 Å². The Morgan fingerprint density at radius 2 is 1.86 bits per heavy atom. The fourth-order valence-electron chi connectivity index (χ4n) is 6.45. The zero-order valence-corrected chi connectivity index (χ0v) is 26.3. The van der Waals surface area contributed by atoms with Crippen molar-refractivity contribution in [3.05, 3.63) is 73.5 Å². The zero-order chi connectivity index (χ0) is 30.1. The predicted molar refractivity (Wildman–Crippen MR) is 166 cm³/mol. The molecule has 3 aromatic rings. The summed E-state index contributed by atoms with van der Waals surface area (Å²) >= 11 is 13.2. The summed E-state index contributed by atoms with van der Waals surface area (Å²) < 4.78 is 13.2. The Morgan fingerprint density at radius 3 is 2.52 bits per heavy atom. The van der Waals surface area contributed by atoms with Crippen LogP contribution in [0.1, 0.15) is 65.7 Å². The van der Waals surface area contributed by atoms with Gasteiger partial charge in [-0.3, -0.25) is 14.3 Å². The van der Waals surface area contributed by atoms with Gasteiger partial charge in [-0.1, -0.05) is 29.3 Å². The summed E-state index contributed by atoms with van der Waals surface area (Å²) in [5.74, 6) is 0.659. The van der Waals surface area contributed by atoms with Crippen LogP contribution in [0.25, 0.3) is 16.7 Å². The van der Waals surface area contributed by atoms with Gasteiger partial charge in [0.1, 0.15) is 11.9 Å². The normalized spacial score (nSPS) is 17.9. The molecule has 0 spiro atoms. The van der Waals surface area contributed by atoms with Crippen molar-refractivity contribution in [1.29, 1.82) is 0 Å². The molecule has 1 N–H and O–H groups in total. The van der Waals surface area contributed by atoms with Crippen molar-refractivity contribution in [2.45, 2.75) is 78.4 Å². The van der Waals surface area contributed by atoms with Crippen molar-refractivity contribution in [2.24, 2.45) is 7.05 Å². The van der Waals surface area contributed by atoms with Crippen molar-refractivity contribution in [2.75, 3.05) is 6.61 Å². The smallest absolute Gasteiger partial charge is 0.293 e. The molecule has 2 aliphatic rings. The van der Waals surface area contributed by atoms with Gasteiger partial charge in [0.25, 0.3) is 6.47 Å². The summed E-state index contributed by atoms with van der Waals surface area (Å²) in [5.41, 5.74) is 9.61. The van der Waals surface area contributed by atoms with E-state index in [1.54, 1.807) is 0 Å². The highest BCUT2D eigenvalue weighted by Gasteiger charge is 2.35. The average molecular weight is 611 g/mol. The molecule has 1 aromatic heterocycles. The maximum Gasteiger partial charge on any atom is 0.293 e. The maximum absolute atomic E-state index is 13.9. The molecule has 0 unspecified atom stereocenters. The van der Waals surface area contributed by atoms with Crippen LogP contribution in [0, 0.1) is 27.7 Å². The maximum atomic E-state index is 13.9. The SMILES string of the molecule is Cc1cc(OCCCC2=C(C(=O)N[C@H]3CCC[C@H]3OC=O)Cc3c2ccc(Cl)c3-c2c(C)nn(C)c2C)cc(C)c1Cl. The number of hydrogen-bond donors (Lipinski definition) is 1. The number of aromatic nitrogens is 2. The summed E-state index contributed by atoms with van der Waals surface area (Å²) in [6, 6.07) is 7.64. The summed E-state index contributed by atoms with van der Waals surface area (Å²) in [6.07, 6.45) is 3.96. The molecule has 1 fully saturated rings. The highest BCUT2D eigenvalue weighted by molar-refractivity contribution is 6.34. The Hall–Kier alpha value is -3.29.